The van der Waals surface area contributed by atoms with Gasteiger partial charge in [0, 0.05) is 6.04 Å². The molecule has 0 amide bonds. The predicted molar refractivity (Wildman–Crippen MR) is 69.1 cm³/mol. The zero-order valence-corrected chi connectivity index (χ0v) is 10.5. The number of terminal acetylenes is 1. The maximum atomic E-state index is 9.51. The zero-order valence-electron chi connectivity index (χ0n) is 10.5. The molecule has 3 nitrogen and oxygen atoms in total. The van der Waals surface area contributed by atoms with Crippen molar-refractivity contribution >= 4 is 0 Å². The fraction of sp³-hybridized carbons (Fsp3) is 0.429. The standard InChI is InChI=1S/C14H19NO2/c1-5-12(6-2)15-10(3)11-7-8-13(16)14(9-11)17-4/h1,7-10,12,15-16H,6H2,2-4H3. The third kappa shape index (κ3) is 3.40. The van der Waals surface area contributed by atoms with Crippen molar-refractivity contribution in [1.29, 1.82) is 0 Å². The van der Waals surface area contributed by atoms with Crippen molar-refractivity contribution in [3.63, 3.8) is 0 Å². The van der Waals surface area contributed by atoms with Gasteiger partial charge in [-0.3, -0.25) is 5.32 Å². The van der Waals surface area contributed by atoms with Crippen LogP contribution < -0.4 is 10.1 Å². The molecule has 0 saturated carbocycles. The molecule has 1 aromatic carbocycles. The highest BCUT2D eigenvalue weighted by Gasteiger charge is 2.11. The van der Waals surface area contributed by atoms with Crippen LogP contribution in [0.15, 0.2) is 18.2 Å². The number of benzene rings is 1. The van der Waals surface area contributed by atoms with Crippen molar-refractivity contribution in [2.24, 2.45) is 0 Å². The maximum absolute atomic E-state index is 9.51. The summed E-state index contributed by atoms with van der Waals surface area (Å²) in [7, 11) is 1.53. The highest BCUT2D eigenvalue weighted by molar-refractivity contribution is 5.42. The number of nitrogens with one attached hydrogen (secondary N) is 1. The van der Waals surface area contributed by atoms with Crippen LogP contribution in [-0.4, -0.2) is 18.3 Å². The van der Waals surface area contributed by atoms with E-state index in [0.717, 1.165) is 12.0 Å². The van der Waals surface area contributed by atoms with E-state index in [2.05, 4.69) is 11.2 Å². The van der Waals surface area contributed by atoms with Crippen LogP contribution in [0.5, 0.6) is 11.5 Å². The first-order chi connectivity index (χ1) is 8.12. The molecule has 0 heterocycles. The fourth-order valence-electron chi connectivity index (χ4n) is 1.65. The summed E-state index contributed by atoms with van der Waals surface area (Å²) >= 11 is 0. The Morgan fingerprint density at radius 1 is 1.53 bits per heavy atom. The van der Waals surface area contributed by atoms with Crippen LogP contribution in [0.2, 0.25) is 0 Å². The van der Waals surface area contributed by atoms with Gasteiger partial charge in [-0.2, -0.15) is 0 Å². The Balaban J connectivity index is 2.82. The molecule has 0 aromatic heterocycles. The summed E-state index contributed by atoms with van der Waals surface area (Å²) < 4.78 is 5.08. The number of ether oxygens (including phenoxy) is 1. The van der Waals surface area contributed by atoms with E-state index in [9.17, 15) is 5.11 Å². The third-order valence-electron chi connectivity index (χ3n) is 2.76. The molecule has 0 bridgehead atoms. The van der Waals surface area contributed by atoms with Gasteiger partial charge in [0.15, 0.2) is 11.5 Å². The largest absolute Gasteiger partial charge is 0.504 e. The fourth-order valence-corrected chi connectivity index (χ4v) is 1.65. The van der Waals surface area contributed by atoms with Crippen molar-refractivity contribution < 1.29 is 9.84 Å². The predicted octanol–water partition coefficient (Wildman–Crippen LogP) is 2.46. The maximum Gasteiger partial charge on any atom is 0.160 e. The molecule has 2 atom stereocenters. The van der Waals surface area contributed by atoms with E-state index in [1.807, 2.05) is 26.0 Å². The molecule has 0 spiro atoms. The summed E-state index contributed by atoms with van der Waals surface area (Å²) in [5, 5.41) is 12.8. The summed E-state index contributed by atoms with van der Waals surface area (Å²) in [6.45, 7) is 4.08. The Morgan fingerprint density at radius 2 is 2.24 bits per heavy atom. The average Bonchev–Trinajstić information content (AvgIpc) is 2.36. The Morgan fingerprint density at radius 3 is 2.76 bits per heavy atom. The van der Waals surface area contributed by atoms with Gasteiger partial charge < -0.3 is 9.84 Å². The first-order valence-corrected chi connectivity index (χ1v) is 5.71. The number of rotatable bonds is 5. The van der Waals surface area contributed by atoms with E-state index in [4.69, 9.17) is 11.2 Å². The lowest BCUT2D eigenvalue weighted by Crippen LogP contribution is -2.29. The molecule has 0 aliphatic carbocycles. The van der Waals surface area contributed by atoms with Crippen molar-refractivity contribution in [3.8, 4) is 23.8 Å². The lowest BCUT2D eigenvalue weighted by atomic mass is 10.1. The normalized spacial score (nSPS) is 13.8. The summed E-state index contributed by atoms with van der Waals surface area (Å²) in [4.78, 5) is 0. The quantitative estimate of drug-likeness (QED) is 0.768. The minimum Gasteiger partial charge on any atom is -0.504 e. The molecule has 0 aliphatic heterocycles. The molecule has 0 saturated heterocycles. The average molecular weight is 233 g/mol. The second-order valence-electron chi connectivity index (χ2n) is 3.95. The smallest absolute Gasteiger partial charge is 0.160 e. The Hall–Kier alpha value is -1.66. The van der Waals surface area contributed by atoms with E-state index in [0.29, 0.717) is 5.75 Å². The molecule has 3 heteroatoms. The van der Waals surface area contributed by atoms with Gasteiger partial charge in [-0.1, -0.05) is 18.9 Å². The van der Waals surface area contributed by atoms with Crippen LogP contribution in [0.25, 0.3) is 0 Å². The molecule has 0 radical (unpaired) electrons. The van der Waals surface area contributed by atoms with Crippen LogP contribution in [0, 0.1) is 12.3 Å². The summed E-state index contributed by atoms with van der Waals surface area (Å²) in [5.41, 5.74) is 1.04. The van der Waals surface area contributed by atoms with Crippen molar-refractivity contribution in [1.82, 2.24) is 5.32 Å². The summed E-state index contributed by atoms with van der Waals surface area (Å²) in [5.74, 6) is 3.32. The van der Waals surface area contributed by atoms with Crippen LogP contribution >= 0.6 is 0 Å². The van der Waals surface area contributed by atoms with Crippen LogP contribution in [0.4, 0.5) is 0 Å². The SMILES string of the molecule is C#CC(CC)NC(C)c1ccc(O)c(OC)c1. The highest BCUT2D eigenvalue weighted by Crippen LogP contribution is 2.28. The van der Waals surface area contributed by atoms with Crippen molar-refractivity contribution in [3.05, 3.63) is 23.8 Å². The molecular formula is C14H19NO2. The molecule has 2 N–H and O–H groups in total. The van der Waals surface area contributed by atoms with Gasteiger partial charge in [0.2, 0.25) is 0 Å². The number of methoxy groups -OCH3 is 1. The van der Waals surface area contributed by atoms with E-state index in [1.54, 1.807) is 6.07 Å². The molecule has 1 rings (SSSR count). The minimum atomic E-state index is 0.0600. The number of aromatic hydroxyl groups is 1. The molecule has 2 unspecified atom stereocenters. The van der Waals surface area contributed by atoms with Gasteiger partial charge in [-0.15, -0.1) is 6.42 Å². The van der Waals surface area contributed by atoms with Crippen molar-refractivity contribution in [2.45, 2.75) is 32.4 Å². The van der Waals surface area contributed by atoms with Gasteiger partial charge in [0.1, 0.15) is 0 Å². The second kappa shape index (κ2) is 6.17. The molecular weight excluding hydrogens is 214 g/mol. The topological polar surface area (TPSA) is 41.5 Å². The van der Waals surface area contributed by atoms with E-state index in [1.165, 1.54) is 7.11 Å². The molecule has 0 aliphatic rings. The second-order valence-corrected chi connectivity index (χ2v) is 3.95. The van der Waals surface area contributed by atoms with Gasteiger partial charge in [0.25, 0.3) is 0 Å². The number of phenolic OH excluding ortho intramolecular Hbond substituents is 1. The van der Waals surface area contributed by atoms with E-state index in [-0.39, 0.29) is 17.8 Å². The highest BCUT2D eigenvalue weighted by atomic mass is 16.5. The first-order valence-electron chi connectivity index (χ1n) is 5.71. The van der Waals surface area contributed by atoms with Crippen LogP contribution in [-0.2, 0) is 0 Å². The minimum absolute atomic E-state index is 0.0600. The Labute approximate surface area is 103 Å². The Kier molecular flexibility index (Phi) is 4.86. The number of hydrogen-bond donors (Lipinski definition) is 2. The van der Waals surface area contributed by atoms with Crippen LogP contribution in [0.3, 0.4) is 0 Å². The molecule has 0 fully saturated rings. The van der Waals surface area contributed by atoms with Crippen molar-refractivity contribution in [2.75, 3.05) is 7.11 Å². The van der Waals surface area contributed by atoms with Gasteiger partial charge in [-0.25, -0.2) is 0 Å². The lowest BCUT2D eigenvalue weighted by Gasteiger charge is -2.19. The van der Waals surface area contributed by atoms with Gasteiger partial charge in [-0.05, 0) is 31.0 Å². The molecule has 92 valence electrons. The van der Waals surface area contributed by atoms with E-state index < -0.39 is 0 Å². The third-order valence-corrected chi connectivity index (χ3v) is 2.76. The van der Waals surface area contributed by atoms with E-state index >= 15 is 0 Å². The number of hydrogen-bond acceptors (Lipinski definition) is 3. The van der Waals surface area contributed by atoms with Gasteiger partial charge in [0.05, 0.1) is 13.2 Å². The first kappa shape index (κ1) is 13.4. The molecule has 1 aromatic rings. The zero-order chi connectivity index (χ0) is 12.8. The van der Waals surface area contributed by atoms with Gasteiger partial charge >= 0.3 is 0 Å². The monoisotopic (exact) mass is 233 g/mol. The Bertz CT molecular complexity index is 409. The summed E-state index contributed by atoms with van der Waals surface area (Å²) in [6.07, 6.45) is 6.30. The summed E-state index contributed by atoms with van der Waals surface area (Å²) in [6, 6.07) is 5.48. The molecule has 17 heavy (non-hydrogen) atoms. The lowest BCUT2D eigenvalue weighted by molar-refractivity contribution is 0.372. The number of phenols is 1. The van der Waals surface area contributed by atoms with Crippen LogP contribution in [0.1, 0.15) is 31.9 Å².